The number of hydrogen-bond acceptors (Lipinski definition) is 3. The van der Waals surface area contributed by atoms with Gasteiger partial charge in [0, 0.05) is 6.42 Å². The second-order valence-electron chi connectivity index (χ2n) is 3.78. The summed E-state index contributed by atoms with van der Waals surface area (Å²) in [5.74, 6) is -1.20. The predicted molar refractivity (Wildman–Crippen MR) is 64.9 cm³/mol. The minimum absolute atomic E-state index is 0.200. The zero-order valence-corrected chi connectivity index (χ0v) is 10.4. The Balaban J connectivity index is 3.27. The second kappa shape index (κ2) is 5.45. The standard InChI is InChI=1S/C11H12O6Si/c12-9(13)6-7-18(10(14)15,11(16)17)8-4-2-1-3-5-8/h1-5H,6-7H2,(H,12,13)(H,14,15)(H,16,17). The molecule has 0 aliphatic carbocycles. The van der Waals surface area contributed by atoms with E-state index in [-0.39, 0.29) is 11.2 Å². The van der Waals surface area contributed by atoms with Crippen molar-refractivity contribution in [1.29, 1.82) is 0 Å². The Morgan fingerprint density at radius 2 is 1.44 bits per heavy atom. The minimum Gasteiger partial charge on any atom is -0.485 e. The molecule has 0 unspecified atom stereocenters. The molecule has 0 aliphatic rings. The summed E-state index contributed by atoms with van der Waals surface area (Å²) in [5.41, 5.74) is -2.86. The third-order valence-electron chi connectivity index (χ3n) is 2.71. The number of aliphatic carboxylic acids is 1. The van der Waals surface area contributed by atoms with Crippen LogP contribution in [0.5, 0.6) is 0 Å². The molecule has 0 radical (unpaired) electrons. The van der Waals surface area contributed by atoms with Gasteiger partial charge in [-0.3, -0.25) is 14.4 Å². The summed E-state index contributed by atoms with van der Waals surface area (Å²) >= 11 is 0. The Morgan fingerprint density at radius 1 is 0.944 bits per heavy atom. The molecule has 0 amide bonds. The van der Waals surface area contributed by atoms with Crippen molar-refractivity contribution in [3.05, 3.63) is 30.3 Å². The lowest BCUT2D eigenvalue weighted by molar-refractivity contribution is -0.136. The molecule has 18 heavy (non-hydrogen) atoms. The molecule has 0 aromatic heterocycles. The van der Waals surface area contributed by atoms with Crippen LogP contribution in [0.4, 0.5) is 9.59 Å². The van der Waals surface area contributed by atoms with Crippen molar-refractivity contribution in [3.63, 3.8) is 0 Å². The summed E-state index contributed by atoms with van der Waals surface area (Å²) in [6.45, 7) is 0. The van der Waals surface area contributed by atoms with E-state index < -0.39 is 31.6 Å². The number of carboxylic acids is 1. The van der Waals surface area contributed by atoms with Gasteiger partial charge in [-0.15, -0.1) is 0 Å². The van der Waals surface area contributed by atoms with E-state index in [1.54, 1.807) is 18.2 Å². The van der Waals surface area contributed by atoms with Gasteiger partial charge in [0.05, 0.1) is 0 Å². The molecule has 1 rings (SSSR count). The zero-order chi connectivity index (χ0) is 13.8. The van der Waals surface area contributed by atoms with Crippen LogP contribution in [0, 0.1) is 0 Å². The van der Waals surface area contributed by atoms with E-state index in [9.17, 15) is 24.6 Å². The predicted octanol–water partition coefficient (Wildman–Crippen LogP) is 1.34. The molecular weight excluding hydrogens is 256 g/mol. The summed E-state index contributed by atoms with van der Waals surface area (Å²) in [4.78, 5) is 33.3. The summed E-state index contributed by atoms with van der Waals surface area (Å²) in [6.07, 6.45) is -0.473. The van der Waals surface area contributed by atoms with Crippen LogP contribution in [0.15, 0.2) is 30.3 Å². The third-order valence-corrected chi connectivity index (χ3v) is 6.49. The van der Waals surface area contributed by atoms with Crippen molar-refractivity contribution in [2.75, 3.05) is 0 Å². The smallest absolute Gasteiger partial charge is 0.341 e. The van der Waals surface area contributed by atoms with Gasteiger partial charge in [-0.25, -0.2) is 0 Å². The van der Waals surface area contributed by atoms with Gasteiger partial charge < -0.3 is 15.3 Å². The van der Waals surface area contributed by atoms with Gasteiger partial charge in [-0.2, -0.15) is 0 Å². The maximum Gasteiger partial charge on any atom is 0.341 e. The van der Waals surface area contributed by atoms with Gasteiger partial charge in [0.1, 0.15) is 0 Å². The third kappa shape index (κ3) is 2.57. The Morgan fingerprint density at radius 3 is 1.83 bits per heavy atom. The first-order chi connectivity index (χ1) is 8.41. The van der Waals surface area contributed by atoms with Crippen LogP contribution in [0.2, 0.25) is 6.04 Å². The first kappa shape index (κ1) is 13.9. The average Bonchev–Trinajstić information content (AvgIpc) is 2.30. The van der Waals surface area contributed by atoms with Crippen molar-refractivity contribution in [2.45, 2.75) is 12.5 Å². The van der Waals surface area contributed by atoms with Gasteiger partial charge in [-0.05, 0) is 11.2 Å². The van der Waals surface area contributed by atoms with Crippen LogP contribution in [0.1, 0.15) is 6.42 Å². The SMILES string of the molecule is O=C(O)CC[Si](C(=O)O)(C(=O)O)c1ccccc1. The first-order valence-electron chi connectivity index (χ1n) is 5.15. The molecule has 6 nitrogen and oxygen atoms in total. The normalized spacial score (nSPS) is 10.9. The number of benzene rings is 1. The van der Waals surface area contributed by atoms with Gasteiger partial charge in [-0.1, -0.05) is 30.3 Å². The van der Waals surface area contributed by atoms with Gasteiger partial charge in [0.15, 0.2) is 0 Å². The Labute approximate surface area is 104 Å². The monoisotopic (exact) mass is 268 g/mol. The summed E-state index contributed by atoms with van der Waals surface area (Å²) in [7, 11) is -3.94. The lowest BCUT2D eigenvalue weighted by Gasteiger charge is -2.21. The molecule has 0 bridgehead atoms. The maximum absolute atomic E-state index is 11.4. The summed E-state index contributed by atoms with van der Waals surface area (Å²) < 4.78 is 0. The summed E-state index contributed by atoms with van der Waals surface area (Å²) in [5, 5.41) is 27.3. The fourth-order valence-electron chi connectivity index (χ4n) is 1.71. The van der Waals surface area contributed by atoms with Crippen LogP contribution < -0.4 is 5.19 Å². The van der Waals surface area contributed by atoms with E-state index in [4.69, 9.17) is 5.11 Å². The van der Waals surface area contributed by atoms with E-state index in [1.165, 1.54) is 12.1 Å². The topological polar surface area (TPSA) is 112 Å². The molecule has 1 aromatic carbocycles. The molecule has 3 N–H and O–H groups in total. The summed E-state index contributed by atoms with van der Waals surface area (Å²) in [6, 6.07) is 7.22. The largest absolute Gasteiger partial charge is 0.485 e. The van der Waals surface area contributed by atoms with E-state index >= 15 is 0 Å². The maximum atomic E-state index is 11.4. The van der Waals surface area contributed by atoms with Gasteiger partial charge in [0.2, 0.25) is 0 Å². The van der Waals surface area contributed by atoms with Gasteiger partial charge >= 0.3 is 14.0 Å². The van der Waals surface area contributed by atoms with Crippen LogP contribution in [-0.2, 0) is 4.79 Å². The fraction of sp³-hybridized carbons (Fsp3) is 0.182. The van der Waals surface area contributed by atoms with Crippen LogP contribution in [0.25, 0.3) is 0 Å². The molecule has 1 aromatic rings. The quantitative estimate of drug-likeness (QED) is 0.671. The van der Waals surface area contributed by atoms with Crippen molar-refractivity contribution in [1.82, 2.24) is 0 Å². The highest BCUT2D eigenvalue weighted by atomic mass is 28.3. The first-order valence-corrected chi connectivity index (χ1v) is 7.36. The molecule has 7 heteroatoms. The minimum atomic E-state index is -3.94. The molecule has 0 heterocycles. The molecule has 0 saturated heterocycles. The van der Waals surface area contributed by atoms with Crippen LogP contribution >= 0.6 is 0 Å². The molecule has 0 saturated carbocycles. The molecule has 0 spiro atoms. The molecule has 96 valence electrons. The molecule has 0 fully saturated rings. The lowest BCUT2D eigenvalue weighted by Crippen LogP contribution is -2.61. The number of hydrogen-bond donors (Lipinski definition) is 3. The Kier molecular flexibility index (Phi) is 4.21. The van der Waals surface area contributed by atoms with E-state index in [0.29, 0.717) is 0 Å². The van der Waals surface area contributed by atoms with Crippen LogP contribution in [0.3, 0.4) is 0 Å². The highest BCUT2D eigenvalue weighted by Gasteiger charge is 2.52. The number of carboxylic acid groups (broad SMARTS) is 3. The molecular formula is C11H12O6Si. The van der Waals surface area contributed by atoms with Crippen molar-refractivity contribution in [2.24, 2.45) is 0 Å². The van der Waals surface area contributed by atoms with E-state index in [0.717, 1.165) is 0 Å². The number of carbonyl (C=O) groups is 3. The Hall–Kier alpha value is -2.15. The Bertz CT molecular complexity index is 456. The lowest BCUT2D eigenvalue weighted by atomic mass is 10.4. The van der Waals surface area contributed by atoms with Gasteiger partial charge in [0.25, 0.3) is 11.2 Å². The van der Waals surface area contributed by atoms with Crippen molar-refractivity contribution >= 4 is 30.4 Å². The fourth-order valence-corrected chi connectivity index (χ4v) is 4.46. The molecule has 0 aliphatic heterocycles. The highest BCUT2D eigenvalue weighted by molar-refractivity contribution is 7.30. The zero-order valence-electron chi connectivity index (χ0n) is 9.37. The van der Waals surface area contributed by atoms with Crippen molar-refractivity contribution in [3.8, 4) is 0 Å². The highest BCUT2D eigenvalue weighted by Crippen LogP contribution is 2.16. The number of rotatable bonds is 6. The van der Waals surface area contributed by atoms with Crippen LogP contribution in [-0.4, -0.2) is 40.5 Å². The van der Waals surface area contributed by atoms with E-state index in [2.05, 4.69) is 0 Å². The molecule has 0 atom stereocenters. The second-order valence-corrected chi connectivity index (χ2v) is 7.52. The van der Waals surface area contributed by atoms with Crippen molar-refractivity contribution < 1.29 is 29.7 Å². The average molecular weight is 268 g/mol. The van der Waals surface area contributed by atoms with E-state index in [1.807, 2.05) is 0 Å².